The minimum absolute atomic E-state index is 0.329. The second kappa shape index (κ2) is 9.26. The summed E-state index contributed by atoms with van der Waals surface area (Å²) in [5, 5.41) is 0. The summed E-state index contributed by atoms with van der Waals surface area (Å²) in [6.45, 7) is 8.35. The van der Waals surface area contributed by atoms with E-state index in [9.17, 15) is 4.79 Å². The Labute approximate surface area is 161 Å². The van der Waals surface area contributed by atoms with Crippen molar-refractivity contribution in [1.82, 2.24) is 0 Å². The van der Waals surface area contributed by atoms with Gasteiger partial charge in [0, 0.05) is 18.1 Å². The maximum atomic E-state index is 11.4. The number of rotatable bonds is 7. The molecule has 0 radical (unpaired) electrons. The van der Waals surface area contributed by atoms with Crippen LogP contribution in [0.3, 0.4) is 0 Å². The van der Waals surface area contributed by atoms with Gasteiger partial charge in [0.25, 0.3) is 0 Å². The van der Waals surface area contributed by atoms with Crippen molar-refractivity contribution < 1.29 is 19.0 Å². The molecule has 0 atom stereocenters. The monoisotopic (exact) mass is 368 g/mol. The fourth-order valence-corrected chi connectivity index (χ4v) is 3.26. The number of carbonyl (C=O) groups excluding carboxylic acids is 1. The number of ether oxygens (including phenoxy) is 3. The first-order valence-corrected chi connectivity index (χ1v) is 9.07. The second-order valence-electron chi connectivity index (χ2n) is 6.42. The van der Waals surface area contributed by atoms with E-state index >= 15 is 0 Å². The Balaban J connectivity index is 2.30. The van der Waals surface area contributed by atoms with Crippen molar-refractivity contribution >= 4 is 12.0 Å². The molecule has 2 aromatic rings. The number of hydrogen-bond acceptors (Lipinski definition) is 4. The van der Waals surface area contributed by atoms with Crippen LogP contribution in [0.2, 0.25) is 0 Å². The van der Waals surface area contributed by atoms with Crippen molar-refractivity contribution in [2.45, 2.75) is 34.1 Å². The molecule has 4 nitrogen and oxygen atoms in total. The highest BCUT2D eigenvalue weighted by atomic mass is 16.5. The molecule has 0 saturated carbocycles. The maximum absolute atomic E-state index is 11.4. The quantitative estimate of drug-likeness (QED) is 0.520. The van der Waals surface area contributed by atoms with Gasteiger partial charge in [-0.3, -0.25) is 0 Å². The van der Waals surface area contributed by atoms with Crippen molar-refractivity contribution in [3.63, 3.8) is 0 Å². The van der Waals surface area contributed by atoms with Gasteiger partial charge in [-0.25, -0.2) is 4.79 Å². The average Bonchev–Trinajstić information content (AvgIpc) is 2.66. The molecule has 0 saturated heterocycles. The highest BCUT2D eigenvalue weighted by Crippen LogP contribution is 2.38. The zero-order valence-corrected chi connectivity index (χ0v) is 17.0. The van der Waals surface area contributed by atoms with E-state index in [1.807, 2.05) is 12.1 Å². The molecule has 0 N–H and O–H groups in total. The van der Waals surface area contributed by atoms with E-state index in [0.717, 1.165) is 51.3 Å². The molecule has 0 aliphatic rings. The van der Waals surface area contributed by atoms with E-state index in [4.69, 9.17) is 14.2 Å². The molecule has 0 aromatic heterocycles. The Hall–Kier alpha value is -2.75. The molecular formula is C23H28O4. The van der Waals surface area contributed by atoms with E-state index < -0.39 is 0 Å². The van der Waals surface area contributed by atoms with Gasteiger partial charge in [0.2, 0.25) is 0 Å². The van der Waals surface area contributed by atoms with Crippen LogP contribution in [0.15, 0.2) is 30.3 Å². The summed E-state index contributed by atoms with van der Waals surface area (Å²) in [6, 6.07) is 8.10. The standard InChI is InChI=1S/C23H28O4/c1-7-27-21(24)13-12-18-8-10-19(11-9-18)14-20-17(4)22(25-5)15(2)16(3)23(20)26-6/h8-13H,7,14H2,1-6H3/b13-12+. The number of benzene rings is 2. The van der Waals surface area contributed by atoms with Crippen molar-refractivity contribution in [2.75, 3.05) is 20.8 Å². The maximum Gasteiger partial charge on any atom is 0.330 e. The van der Waals surface area contributed by atoms with E-state index in [1.54, 1.807) is 27.2 Å². The van der Waals surface area contributed by atoms with Crippen molar-refractivity contribution in [1.29, 1.82) is 0 Å². The van der Waals surface area contributed by atoms with E-state index in [-0.39, 0.29) is 5.97 Å². The molecule has 0 aliphatic carbocycles. The zero-order chi connectivity index (χ0) is 20.0. The van der Waals surface area contributed by atoms with E-state index in [1.165, 1.54) is 6.08 Å². The molecule has 0 heterocycles. The number of carbonyl (C=O) groups is 1. The van der Waals surface area contributed by atoms with Crippen LogP contribution >= 0.6 is 0 Å². The third-order valence-corrected chi connectivity index (χ3v) is 4.78. The summed E-state index contributed by atoms with van der Waals surface area (Å²) in [7, 11) is 3.41. The Kier molecular flexibility index (Phi) is 7.05. The fourth-order valence-electron chi connectivity index (χ4n) is 3.26. The summed E-state index contributed by atoms with van der Waals surface area (Å²) >= 11 is 0. The average molecular weight is 368 g/mol. The molecule has 144 valence electrons. The lowest BCUT2D eigenvalue weighted by molar-refractivity contribution is -0.137. The van der Waals surface area contributed by atoms with Crippen LogP contribution in [0.5, 0.6) is 11.5 Å². The first-order chi connectivity index (χ1) is 12.9. The van der Waals surface area contributed by atoms with Crippen LogP contribution in [0.25, 0.3) is 6.08 Å². The molecule has 27 heavy (non-hydrogen) atoms. The van der Waals surface area contributed by atoms with Crippen LogP contribution < -0.4 is 9.47 Å². The Bertz CT molecular complexity index is 833. The van der Waals surface area contributed by atoms with Gasteiger partial charge in [0.1, 0.15) is 11.5 Å². The molecule has 4 heteroatoms. The van der Waals surface area contributed by atoms with Gasteiger partial charge in [-0.05, 0) is 61.6 Å². The fraction of sp³-hybridized carbons (Fsp3) is 0.348. The summed E-state index contributed by atoms with van der Waals surface area (Å²) < 4.78 is 16.2. The summed E-state index contributed by atoms with van der Waals surface area (Å²) in [5.74, 6) is 1.50. The second-order valence-corrected chi connectivity index (χ2v) is 6.42. The molecule has 0 amide bonds. The first-order valence-electron chi connectivity index (χ1n) is 9.07. The molecule has 0 aliphatic heterocycles. The highest BCUT2D eigenvalue weighted by molar-refractivity contribution is 5.87. The normalized spacial score (nSPS) is 10.9. The first kappa shape index (κ1) is 20.6. The van der Waals surface area contributed by atoms with Crippen molar-refractivity contribution in [2.24, 2.45) is 0 Å². The summed E-state index contributed by atoms with van der Waals surface area (Å²) in [5.41, 5.74) is 6.55. The predicted molar refractivity (Wildman–Crippen MR) is 109 cm³/mol. The minimum Gasteiger partial charge on any atom is -0.496 e. The largest absolute Gasteiger partial charge is 0.496 e. The van der Waals surface area contributed by atoms with Gasteiger partial charge in [0.15, 0.2) is 0 Å². The molecule has 0 unspecified atom stereocenters. The Morgan fingerprint density at radius 1 is 0.926 bits per heavy atom. The molecule has 0 bridgehead atoms. The summed E-state index contributed by atoms with van der Waals surface area (Å²) in [4.78, 5) is 11.4. The van der Waals surface area contributed by atoms with Crippen molar-refractivity contribution in [3.8, 4) is 11.5 Å². The van der Waals surface area contributed by atoms with Gasteiger partial charge in [-0.2, -0.15) is 0 Å². The number of methoxy groups -OCH3 is 2. The molecule has 0 spiro atoms. The lowest BCUT2D eigenvalue weighted by Crippen LogP contribution is -2.04. The third kappa shape index (κ3) is 4.70. The molecule has 0 fully saturated rings. The highest BCUT2D eigenvalue weighted by Gasteiger charge is 2.18. The lowest BCUT2D eigenvalue weighted by atomic mass is 9.92. The van der Waals surface area contributed by atoms with Gasteiger partial charge in [-0.1, -0.05) is 24.3 Å². The van der Waals surface area contributed by atoms with E-state index in [2.05, 4.69) is 32.9 Å². The SMILES string of the molecule is CCOC(=O)/C=C/c1ccc(Cc2c(C)c(OC)c(C)c(C)c2OC)cc1. The number of hydrogen-bond donors (Lipinski definition) is 0. The van der Waals surface area contributed by atoms with Crippen LogP contribution in [0, 0.1) is 20.8 Å². The van der Waals surface area contributed by atoms with Crippen LogP contribution in [-0.4, -0.2) is 26.8 Å². The van der Waals surface area contributed by atoms with Gasteiger partial charge >= 0.3 is 5.97 Å². The topological polar surface area (TPSA) is 44.8 Å². The van der Waals surface area contributed by atoms with Gasteiger partial charge < -0.3 is 14.2 Å². The smallest absolute Gasteiger partial charge is 0.330 e. The Morgan fingerprint density at radius 2 is 1.52 bits per heavy atom. The lowest BCUT2D eigenvalue weighted by Gasteiger charge is -2.20. The predicted octanol–water partition coefficient (Wildman–Crippen LogP) is 4.80. The van der Waals surface area contributed by atoms with Crippen LogP contribution in [-0.2, 0) is 16.0 Å². The van der Waals surface area contributed by atoms with Crippen LogP contribution in [0.1, 0.15) is 40.3 Å². The van der Waals surface area contributed by atoms with Gasteiger partial charge in [0.05, 0.1) is 20.8 Å². The zero-order valence-electron chi connectivity index (χ0n) is 17.0. The molecule has 2 aromatic carbocycles. The minimum atomic E-state index is -0.329. The molecular weight excluding hydrogens is 340 g/mol. The van der Waals surface area contributed by atoms with Crippen LogP contribution in [0.4, 0.5) is 0 Å². The van der Waals surface area contributed by atoms with E-state index in [0.29, 0.717) is 6.61 Å². The third-order valence-electron chi connectivity index (χ3n) is 4.78. The summed E-state index contributed by atoms with van der Waals surface area (Å²) in [6.07, 6.45) is 3.95. The number of esters is 1. The molecule has 2 rings (SSSR count). The Morgan fingerprint density at radius 3 is 2.07 bits per heavy atom. The van der Waals surface area contributed by atoms with Crippen molar-refractivity contribution in [3.05, 3.63) is 63.7 Å². The van der Waals surface area contributed by atoms with Gasteiger partial charge in [-0.15, -0.1) is 0 Å².